The van der Waals surface area contributed by atoms with Gasteiger partial charge in [0.15, 0.2) is 5.82 Å². The van der Waals surface area contributed by atoms with Crippen LogP contribution in [0.2, 0.25) is 0 Å². The summed E-state index contributed by atoms with van der Waals surface area (Å²) in [5.74, 6) is 0.883. The second-order valence-electron chi connectivity index (χ2n) is 5.09. The summed E-state index contributed by atoms with van der Waals surface area (Å²) in [5, 5.41) is 12.0. The fraction of sp³-hybridized carbons (Fsp3) is 0.267. The maximum absolute atomic E-state index is 5.70. The Labute approximate surface area is 128 Å². The monoisotopic (exact) mass is 295 g/mol. The van der Waals surface area contributed by atoms with Crippen LogP contribution in [0.15, 0.2) is 30.5 Å². The zero-order chi connectivity index (χ0) is 15.5. The van der Waals surface area contributed by atoms with Gasteiger partial charge in [0.1, 0.15) is 0 Å². The van der Waals surface area contributed by atoms with E-state index in [1.165, 1.54) is 5.56 Å². The van der Waals surface area contributed by atoms with E-state index in [2.05, 4.69) is 32.4 Å². The molecule has 22 heavy (non-hydrogen) atoms. The van der Waals surface area contributed by atoms with E-state index in [-0.39, 0.29) is 5.95 Å². The molecule has 0 radical (unpaired) electrons. The molecule has 2 N–H and O–H groups in total. The molecule has 7 heteroatoms. The van der Waals surface area contributed by atoms with Crippen LogP contribution in [0.4, 0.5) is 5.95 Å². The van der Waals surface area contributed by atoms with E-state index >= 15 is 0 Å². The highest BCUT2D eigenvalue weighted by atomic mass is 15.5. The van der Waals surface area contributed by atoms with E-state index in [9.17, 15) is 0 Å². The number of benzene rings is 1. The largest absolute Gasteiger partial charge is 0.368 e. The number of hydrogen-bond donors (Lipinski definition) is 1. The minimum absolute atomic E-state index is 0.265. The van der Waals surface area contributed by atoms with Gasteiger partial charge in [-0.05, 0) is 35.9 Å². The maximum atomic E-state index is 5.70. The zero-order valence-corrected chi connectivity index (χ0v) is 12.6. The highest BCUT2D eigenvalue weighted by molar-refractivity contribution is 5.60. The number of aryl methyl sites for hydroxylation is 2. The normalized spacial score (nSPS) is 10.8. The van der Waals surface area contributed by atoms with Gasteiger partial charge in [-0.25, -0.2) is 9.97 Å². The average molecular weight is 295 g/mol. The molecule has 0 fully saturated rings. The van der Waals surface area contributed by atoms with Crippen LogP contribution in [-0.4, -0.2) is 30.2 Å². The third kappa shape index (κ3) is 2.65. The predicted octanol–water partition coefficient (Wildman–Crippen LogP) is 1.96. The molecule has 1 aromatic carbocycles. The molecule has 0 bridgehead atoms. The highest BCUT2D eigenvalue weighted by Gasteiger charge is 2.16. The van der Waals surface area contributed by atoms with E-state index in [4.69, 9.17) is 5.73 Å². The Hall–Kier alpha value is -2.83. The van der Waals surface area contributed by atoms with Gasteiger partial charge in [0.05, 0.1) is 16.9 Å². The van der Waals surface area contributed by atoms with Crippen molar-refractivity contribution in [2.45, 2.75) is 26.7 Å². The molecule has 0 atom stereocenters. The molecule has 0 unspecified atom stereocenters. The standard InChI is InChI=1S/C15H17N7/c1-3-4-13-12(9-17-15(16)18-13)14-19-20-21-22(14)11-7-5-10(2)6-8-11/h5-9H,3-4H2,1-2H3,(H2,16,17,18). The highest BCUT2D eigenvalue weighted by Crippen LogP contribution is 2.23. The molecular weight excluding hydrogens is 278 g/mol. The first-order chi connectivity index (χ1) is 10.7. The Balaban J connectivity index is 2.11. The number of rotatable bonds is 4. The van der Waals surface area contributed by atoms with Crippen molar-refractivity contribution in [1.29, 1.82) is 0 Å². The average Bonchev–Trinajstić information content (AvgIpc) is 2.98. The van der Waals surface area contributed by atoms with E-state index in [0.29, 0.717) is 5.82 Å². The molecule has 7 nitrogen and oxygen atoms in total. The number of nitrogen functional groups attached to an aromatic ring is 1. The molecule has 0 aliphatic rings. The molecule has 0 aliphatic carbocycles. The van der Waals surface area contributed by atoms with Crippen LogP contribution in [0.25, 0.3) is 17.1 Å². The van der Waals surface area contributed by atoms with Crippen molar-refractivity contribution >= 4 is 5.95 Å². The van der Waals surface area contributed by atoms with Gasteiger partial charge in [-0.3, -0.25) is 0 Å². The van der Waals surface area contributed by atoms with Crippen molar-refractivity contribution in [3.05, 3.63) is 41.7 Å². The second kappa shape index (κ2) is 5.88. The third-order valence-corrected chi connectivity index (χ3v) is 3.36. The van der Waals surface area contributed by atoms with Crippen molar-refractivity contribution in [3.8, 4) is 17.1 Å². The molecule has 2 aromatic heterocycles. The van der Waals surface area contributed by atoms with Crippen molar-refractivity contribution < 1.29 is 0 Å². The Morgan fingerprint density at radius 2 is 1.95 bits per heavy atom. The predicted molar refractivity (Wildman–Crippen MR) is 83.3 cm³/mol. The van der Waals surface area contributed by atoms with Crippen molar-refractivity contribution in [2.24, 2.45) is 0 Å². The summed E-state index contributed by atoms with van der Waals surface area (Å²) in [7, 11) is 0. The first kappa shape index (κ1) is 14.1. The lowest BCUT2D eigenvalue weighted by molar-refractivity contribution is 0.789. The number of aromatic nitrogens is 6. The fourth-order valence-electron chi connectivity index (χ4n) is 2.26. The Morgan fingerprint density at radius 1 is 1.18 bits per heavy atom. The number of nitrogens with two attached hydrogens (primary N) is 1. The summed E-state index contributed by atoms with van der Waals surface area (Å²) in [5.41, 5.74) is 9.44. The lowest BCUT2D eigenvalue weighted by Crippen LogP contribution is -2.06. The summed E-state index contributed by atoms with van der Waals surface area (Å²) in [6.07, 6.45) is 3.43. The Kier molecular flexibility index (Phi) is 3.78. The van der Waals surface area contributed by atoms with Crippen molar-refractivity contribution in [2.75, 3.05) is 5.73 Å². The smallest absolute Gasteiger partial charge is 0.220 e. The van der Waals surface area contributed by atoms with Crippen LogP contribution >= 0.6 is 0 Å². The van der Waals surface area contributed by atoms with Crippen LogP contribution in [-0.2, 0) is 6.42 Å². The quantitative estimate of drug-likeness (QED) is 0.790. The van der Waals surface area contributed by atoms with E-state index in [0.717, 1.165) is 29.8 Å². The number of anilines is 1. The SMILES string of the molecule is CCCc1nc(N)ncc1-c1nnnn1-c1ccc(C)cc1. The summed E-state index contributed by atoms with van der Waals surface area (Å²) < 4.78 is 1.69. The topological polar surface area (TPSA) is 95.4 Å². The summed E-state index contributed by atoms with van der Waals surface area (Å²) in [6, 6.07) is 8.00. The first-order valence-electron chi connectivity index (χ1n) is 7.16. The van der Waals surface area contributed by atoms with Gasteiger partial charge in [0, 0.05) is 6.20 Å². The minimum atomic E-state index is 0.265. The molecule has 0 saturated carbocycles. The molecule has 0 saturated heterocycles. The lowest BCUT2D eigenvalue weighted by atomic mass is 10.1. The number of tetrazole rings is 1. The number of hydrogen-bond acceptors (Lipinski definition) is 6. The molecule has 2 heterocycles. The maximum Gasteiger partial charge on any atom is 0.220 e. The van der Waals surface area contributed by atoms with E-state index in [1.54, 1.807) is 10.9 Å². The first-order valence-corrected chi connectivity index (χ1v) is 7.16. The minimum Gasteiger partial charge on any atom is -0.368 e. The van der Waals surface area contributed by atoms with Crippen LogP contribution in [0.3, 0.4) is 0 Å². The van der Waals surface area contributed by atoms with Gasteiger partial charge < -0.3 is 5.73 Å². The Bertz CT molecular complexity index is 777. The molecule has 0 aliphatic heterocycles. The third-order valence-electron chi connectivity index (χ3n) is 3.36. The van der Waals surface area contributed by atoms with Gasteiger partial charge in [0.25, 0.3) is 0 Å². The van der Waals surface area contributed by atoms with E-state index in [1.807, 2.05) is 31.2 Å². The van der Waals surface area contributed by atoms with Crippen LogP contribution < -0.4 is 5.73 Å². The molecular formula is C15H17N7. The lowest BCUT2D eigenvalue weighted by Gasteiger charge is -2.09. The van der Waals surface area contributed by atoms with Crippen molar-refractivity contribution in [3.63, 3.8) is 0 Å². The van der Waals surface area contributed by atoms with E-state index < -0.39 is 0 Å². The van der Waals surface area contributed by atoms with Crippen LogP contribution in [0.1, 0.15) is 24.6 Å². The molecule has 112 valence electrons. The summed E-state index contributed by atoms with van der Waals surface area (Å²) >= 11 is 0. The molecule has 3 aromatic rings. The molecule has 0 spiro atoms. The van der Waals surface area contributed by atoms with Crippen LogP contribution in [0, 0.1) is 6.92 Å². The molecule has 0 amide bonds. The van der Waals surface area contributed by atoms with Crippen LogP contribution in [0.5, 0.6) is 0 Å². The van der Waals surface area contributed by atoms with Gasteiger partial charge in [-0.15, -0.1) is 5.10 Å². The zero-order valence-electron chi connectivity index (χ0n) is 12.6. The van der Waals surface area contributed by atoms with Crippen molar-refractivity contribution in [1.82, 2.24) is 30.2 Å². The van der Waals surface area contributed by atoms with Gasteiger partial charge in [-0.1, -0.05) is 31.0 Å². The number of nitrogens with zero attached hydrogens (tertiary/aromatic N) is 6. The fourth-order valence-corrected chi connectivity index (χ4v) is 2.26. The second-order valence-corrected chi connectivity index (χ2v) is 5.09. The van der Waals surface area contributed by atoms with Gasteiger partial charge >= 0.3 is 0 Å². The molecule has 3 rings (SSSR count). The van der Waals surface area contributed by atoms with Gasteiger partial charge in [-0.2, -0.15) is 4.68 Å². The van der Waals surface area contributed by atoms with Gasteiger partial charge in [0.2, 0.25) is 5.95 Å². The summed E-state index contributed by atoms with van der Waals surface area (Å²) in [6.45, 7) is 4.13. The summed E-state index contributed by atoms with van der Waals surface area (Å²) in [4.78, 5) is 8.41. The Morgan fingerprint density at radius 3 is 2.68 bits per heavy atom.